The third kappa shape index (κ3) is 3.52. The molecular weight excluding hydrogens is 284 g/mol. The average molecular weight is 294 g/mol. The number of carbonyl (C=O) groups excluding carboxylic acids is 1. The highest BCUT2D eigenvalue weighted by Gasteiger charge is 2.13. The Balaban J connectivity index is 2.15. The second-order valence-corrected chi connectivity index (χ2v) is 4.18. The standard InChI is InChI=1S/C15H10N4O3/c16-10-14(15(20)11-4-2-1-3-5-11)18-17-12-6-8-13(9-7-12)19(21)22/h1-9,17H. The first kappa shape index (κ1) is 14.9. The van der Waals surface area contributed by atoms with Crippen LogP contribution in [0.15, 0.2) is 59.7 Å². The molecule has 2 rings (SSSR count). The van der Waals surface area contributed by atoms with Crippen molar-refractivity contribution in [1.82, 2.24) is 0 Å². The fraction of sp³-hybridized carbons (Fsp3) is 0. The molecule has 0 amide bonds. The normalized spacial score (nSPS) is 10.6. The van der Waals surface area contributed by atoms with Crippen molar-refractivity contribution in [3.8, 4) is 6.07 Å². The second kappa shape index (κ2) is 6.76. The number of carbonyl (C=O) groups is 1. The first-order chi connectivity index (χ1) is 10.6. The maximum atomic E-state index is 12.1. The zero-order valence-corrected chi connectivity index (χ0v) is 11.3. The minimum absolute atomic E-state index is 0.0598. The highest BCUT2D eigenvalue weighted by atomic mass is 16.6. The van der Waals surface area contributed by atoms with Gasteiger partial charge in [0.25, 0.3) is 5.69 Å². The van der Waals surface area contributed by atoms with E-state index >= 15 is 0 Å². The molecule has 0 unspecified atom stereocenters. The van der Waals surface area contributed by atoms with E-state index in [1.54, 1.807) is 36.4 Å². The summed E-state index contributed by atoms with van der Waals surface area (Å²) in [4.78, 5) is 22.1. The van der Waals surface area contributed by atoms with Gasteiger partial charge in [0.1, 0.15) is 6.07 Å². The molecule has 0 heterocycles. The Hall–Kier alpha value is -3.53. The molecule has 0 aromatic heterocycles. The van der Waals surface area contributed by atoms with Gasteiger partial charge < -0.3 is 0 Å². The van der Waals surface area contributed by atoms with Crippen LogP contribution in [0.4, 0.5) is 11.4 Å². The van der Waals surface area contributed by atoms with E-state index in [2.05, 4.69) is 10.5 Å². The van der Waals surface area contributed by atoms with Crippen LogP contribution in [-0.2, 0) is 0 Å². The van der Waals surface area contributed by atoms with Crippen molar-refractivity contribution in [3.63, 3.8) is 0 Å². The van der Waals surface area contributed by atoms with Gasteiger partial charge in [-0.25, -0.2) is 0 Å². The van der Waals surface area contributed by atoms with Crippen molar-refractivity contribution in [2.45, 2.75) is 0 Å². The lowest BCUT2D eigenvalue weighted by Crippen LogP contribution is -2.14. The van der Waals surface area contributed by atoms with E-state index < -0.39 is 10.7 Å². The largest absolute Gasteiger partial charge is 0.286 e. The third-order valence-corrected chi connectivity index (χ3v) is 2.73. The number of nitriles is 1. The molecule has 22 heavy (non-hydrogen) atoms. The van der Waals surface area contributed by atoms with Crippen LogP contribution in [0.2, 0.25) is 0 Å². The summed E-state index contributed by atoms with van der Waals surface area (Å²) in [6.45, 7) is 0. The lowest BCUT2D eigenvalue weighted by Gasteiger charge is -2.01. The van der Waals surface area contributed by atoms with Crippen molar-refractivity contribution >= 4 is 22.9 Å². The fourth-order valence-corrected chi connectivity index (χ4v) is 1.63. The molecule has 0 aliphatic rings. The molecule has 2 aromatic rings. The van der Waals surface area contributed by atoms with E-state index in [1.165, 1.54) is 24.3 Å². The van der Waals surface area contributed by atoms with E-state index in [-0.39, 0.29) is 11.4 Å². The number of rotatable bonds is 5. The Morgan fingerprint density at radius 2 is 1.77 bits per heavy atom. The van der Waals surface area contributed by atoms with E-state index in [1.807, 2.05) is 0 Å². The first-order valence-electron chi connectivity index (χ1n) is 6.20. The zero-order chi connectivity index (χ0) is 15.9. The van der Waals surface area contributed by atoms with Crippen LogP contribution in [0.25, 0.3) is 0 Å². The van der Waals surface area contributed by atoms with E-state index in [0.717, 1.165) is 0 Å². The number of nitro benzene ring substituents is 1. The number of non-ortho nitro benzene ring substituents is 1. The molecule has 0 spiro atoms. The summed E-state index contributed by atoms with van der Waals surface area (Å²) < 4.78 is 0. The van der Waals surface area contributed by atoms with Gasteiger partial charge in [-0.15, -0.1) is 0 Å². The zero-order valence-electron chi connectivity index (χ0n) is 11.3. The average Bonchev–Trinajstić information content (AvgIpc) is 2.56. The van der Waals surface area contributed by atoms with Crippen LogP contribution >= 0.6 is 0 Å². The molecule has 7 heteroatoms. The van der Waals surface area contributed by atoms with Crippen molar-refractivity contribution in [3.05, 3.63) is 70.3 Å². The predicted molar refractivity (Wildman–Crippen MR) is 80.5 cm³/mol. The lowest BCUT2D eigenvalue weighted by atomic mass is 10.1. The third-order valence-electron chi connectivity index (χ3n) is 2.73. The van der Waals surface area contributed by atoms with Gasteiger partial charge in [-0.1, -0.05) is 30.3 Å². The monoisotopic (exact) mass is 294 g/mol. The molecular formula is C15H10N4O3. The van der Waals surface area contributed by atoms with Gasteiger partial charge in [-0.05, 0) is 12.1 Å². The molecule has 0 aliphatic heterocycles. The van der Waals surface area contributed by atoms with Crippen LogP contribution in [0.1, 0.15) is 10.4 Å². The van der Waals surface area contributed by atoms with Crippen LogP contribution in [-0.4, -0.2) is 16.4 Å². The molecule has 0 radical (unpaired) electrons. The Bertz CT molecular complexity index is 762. The number of ketones is 1. The number of Topliss-reactive ketones (excluding diaryl/α,β-unsaturated/α-hetero) is 1. The first-order valence-corrected chi connectivity index (χ1v) is 6.20. The molecule has 0 saturated carbocycles. The highest BCUT2D eigenvalue weighted by molar-refractivity contribution is 6.51. The number of anilines is 1. The van der Waals surface area contributed by atoms with E-state index in [4.69, 9.17) is 5.26 Å². The van der Waals surface area contributed by atoms with Gasteiger partial charge in [0.2, 0.25) is 11.5 Å². The van der Waals surface area contributed by atoms with Crippen molar-refractivity contribution in [1.29, 1.82) is 5.26 Å². The number of hydrogen-bond acceptors (Lipinski definition) is 6. The second-order valence-electron chi connectivity index (χ2n) is 4.18. The van der Waals surface area contributed by atoms with Crippen molar-refractivity contribution in [2.75, 3.05) is 5.43 Å². The molecule has 0 fully saturated rings. The summed E-state index contributed by atoms with van der Waals surface area (Å²) in [5.74, 6) is -0.502. The lowest BCUT2D eigenvalue weighted by molar-refractivity contribution is -0.384. The predicted octanol–water partition coefficient (Wildman–Crippen LogP) is 2.77. The number of nitrogens with zero attached hydrogens (tertiary/aromatic N) is 3. The summed E-state index contributed by atoms with van der Waals surface area (Å²) >= 11 is 0. The molecule has 7 nitrogen and oxygen atoms in total. The summed E-state index contributed by atoms with van der Waals surface area (Å²) in [5.41, 5.74) is 2.96. The summed E-state index contributed by atoms with van der Waals surface area (Å²) in [5, 5.41) is 23.3. The van der Waals surface area contributed by atoms with Gasteiger partial charge in [0.15, 0.2) is 0 Å². The smallest absolute Gasteiger partial charge is 0.269 e. The SMILES string of the molecule is N#CC(=NNc1ccc([N+](=O)[O-])cc1)C(=O)c1ccccc1. The van der Waals surface area contributed by atoms with Crippen LogP contribution in [0.5, 0.6) is 0 Å². The van der Waals surface area contributed by atoms with Crippen molar-refractivity contribution in [2.24, 2.45) is 5.10 Å². The molecule has 108 valence electrons. The molecule has 0 saturated heterocycles. The van der Waals surface area contributed by atoms with Crippen LogP contribution in [0, 0.1) is 21.4 Å². The Morgan fingerprint density at radius 1 is 1.14 bits per heavy atom. The van der Waals surface area contributed by atoms with Gasteiger partial charge >= 0.3 is 0 Å². The van der Waals surface area contributed by atoms with Crippen LogP contribution < -0.4 is 5.43 Å². The van der Waals surface area contributed by atoms with Gasteiger partial charge in [-0.2, -0.15) is 10.4 Å². The summed E-state index contributed by atoms with van der Waals surface area (Å²) in [6, 6.07) is 15.5. The maximum absolute atomic E-state index is 12.1. The van der Waals surface area contributed by atoms with E-state index in [0.29, 0.717) is 11.3 Å². The van der Waals surface area contributed by atoms with Gasteiger partial charge in [0.05, 0.1) is 10.6 Å². The maximum Gasteiger partial charge on any atom is 0.269 e. The molecule has 0 aliphatic carbocycles. The Labute approximate surface area is 125 Å². The molecule has 2 aromatic carbocycles. The molecule has 0 atom stereocenters. The molecule has 1 N–H and O–H groups in total. The van der Waals surface area contributed by atoms with Gasteiger partial charge in [0, 0.05) is 17.7 Å². The van der Waals surface area contributed by atoms with Gasteiger partial charge in [-0.3, -0.25) is 20.3 Å². The highest BCUT2D eigenvalue weighted by Crippen LogP contribution is 2.15. The minimum Gasteiger partial charge on any atom is -0.286 e. The minimum atomic E-state index is -0.521. The number of hydrogen-bond donors (Lipinski definition) is 1. The quantitative estimate of drug-likeness (QED) is 0.394. The Morgan fingerprint density at radius 3 is 2.32 bits per heavy atom. The van der Waals surface area contributed by atoms with Crippen LogP contribution in [0.3, 0.4) is 0 Å². The number of nitro groups is 1. The van der Waals surface area contributed by atoms with E-state index in [9.17, 15) is 14.9 Å². The molecule has 0 bridgehead atoms. The summed E-state index contributed by atoms with van der Waals surface area (Å²) in [6.07, 6.45) is 0. The van der Waals surface area contributed by atoms with Crippen molar-refractivity contribution < 1.29 is 9.72 Å². The number of hydrazone groups is 1. The number of benzene rings is 2. The fourth-order valence-electron chi connectivity index (χ4n) is 1.63. The summed E-state index contributed by atoms with van der Waals surface area (Å²) in [7, 11) is 0. The topological polar surface area (TPSA) is 108 Å². The number of nitrogens with one attached hydrogen (secondary N) is 1. The Kier molecular flexibility index (Phi) is 4.57.